The minimum Gasteiger partial charge on any atom is -0.368 e. The van der Waals surface area contributed by atoms with Crippen LogP contribution in [0.15, 0.2) is 41.8 Å². The van der Waals surface area contributed by atoms with E-state index >= 15 is 0 Å². The van der Waals surface area contributed by atoms with Crippen LogP contribution < -0.4 is 11.1 Å². The lowest BCUT2D eigenvalue weighted by molar-refractivity contribution is -0.138. The summed E-state index contributed by atoms with van der Waals surface area (Å²) >= 11 is 1.44. The molecule has 3 nitrogen and oxygen atoms in total. The number of amides is 1. The molecule has 0 aliphatic rings. The smallest absolute Gasteiger partial charge is 0.368 e. The maximum atomic E-state index is 13.0. The van der Waals surface area contributed by atoms with Gasteiger partial charge < -0.3 is 5.73 Å². The number of carbonyl (C=O) groups is 1. The zero-order chi connectivity index (χ0) is 15.5. The number of nitrogens with two attached hydrogens (primary N) is 1. The molecule has 1 atom stereocenters. The van der Waals surface area contributed by atoms with Crippen LogP contribution in [0.5, 0.6) is 0 Å². The standard InChI is InChI=1S/C14H13F3N2OS/c15-14(16,17)11-6-2-1-5-10(11)12(13(18)20)19-8-9-4-3-7-21-9/h1-7,12,19H,8H2,(H2,18,20). The second-order valence-electron chi connectivity index (χ2n) is 4.38. The first-order valence-electron chi connectivity index (χ1n) is 6.11. The van der Waals surface area contributed by atoms with E-state index in [1.807, 2.05) is 17.5 Å². The molecule has 3 N–H and O–H groups in total. The average molecular weight is 314 g/mol. The third-order valence-corrected chi connectivity index (χ3v) is 3.80. The maximum Gasteiger partial charge on any atom is 0.416 e. The summed E-state index contributed by atoms with van der Waals surface area (Å²) in [5.41, 5.74) is 4.24. The summed E-state index contributed by atoms with van der Waals surface area (Å²) in [6.45, 7) is 0.275. The highest BCUT2D eigenvalue weighted by molar-refractivity contribution is 7.09. The van der Waals surface area contributed by atoms with Gasteiger partial charge in [0.05, 0.1) is 5.56 Å². The predicted octanol–water partition coefficient (Wildman–Crippen LogP) is 3.08. The van der Waals surface area contributed by atoms with Gasteiger partial charge in [-0.3, -0.25) is 10.1 Å². The molecule has 0 saturated heterocycles. The lowest BCUT2D eigenvalue weighted by Crippen LogP contribution is -2.34. The van der Waals surface area contributed by atoms with Gasteiger partial charge in [-0.15, -0.1) is 11.3 Å². The molecule has 0 bridgehead atoms. The van der Waals surface area contributed by atoms with Crippen molar-refractivity contribution in [2.45, 2.75) is 18.8 Å². The number of halogens is 3. The number of primary amides is 1. The van der Waals surface area contributed by atoms with Crippen LogP contribution in [0.25, 0.3) is 0 Å². The Labute approximate surface area is 123 Å². The summed E-state index contributed by atoms with van der Waals surface area (Å²) in [5, 5.41) is 4.63. The first-order chi connectivity index (χ1) is 9.89. The van der Waals surface area contributed by atoms with Gasteiger partial charge in [-0.2, -0.15) is 13.2 Å². The number of alkyl halides is 3. The van der Waals surface area contributed by atoms with Gasteiger partial charge in [-0.1, -0.05) is 24.3 Å². The molecule has 2 aromatic rings. The van der Waals surface area contributed by atoms with E-state index in [0.29, 0.717) is 0 Å². The van der Waals surface area contributed by atoms with E-state index in [0.717, 1.165) is 10.9 Å². The molecule has 21 heavy (non-hydrogen) atoms. The number of carbonyl (C=O) groups excluding carboxylic acids is 1. The highest BCUT2D eigenvalue weighted by atomic mass is 32.1. The van der Waals surface area contributed by atoms with Crippen molar-refractivity contribution < 1.29 is 18.0 Å². The van der Waals surface area contributed by atoms with Gasteiger partial charge in [-0.05, 0) is 23.1 Å². The highest BCUT2D eigenvalue weighted by Crippen LogP contribution is 2.34. The van der Waals surface area contributed by atoms with Crippen molar-refractivity contribution in [3.05, 3.63) is 57.8 Å². The fourth-order valence-corrected chi connectivity index (χ4v) is 2.64. The van der Waals surface area contributed by atoms with Gasteiger partial charge in [0.2, 0.25) is 5.91 Å². The van der Waals surface area contributed by atoms with E-state index in [9.17, 15) is 18.0 Å². The summed E-state index contributed by atoms with van der Waals surface area (Å²) in [5.74, 6) is -0.844. The molecule has 1 aromatic carbocycles. The lowest BCUT2D eigenvalue weighted by atomic mass is 9.99. The van der Waals surface area contributed by atoms with Crippen molar-refractivity contribution >= 4 is 17.2 Å². The molecule has 0 spiro atoms. The molecule has 7 heteroatoms. The summed E-state index contributed by atoms with van der Waals surface area (Å²) in [6, 6.07) is 7.40. The van der Waals surface area contributed by atoms with E-state index in [1.54, 1.807) is 0 Å². The Bertz CT molecular complexity index is 611. The lowest BCUT2D eigenvalue weighted by Gasteiger charge is -2.20. The summed E-state index contributed by atoms with van der Waals surface area (Å²) in [4.78, 5) is 12.4. The number of rotatable bonds is 5. The monoisotopic (exact) mass is 314 g/mol. The predicted molar refractivity (Wildman–Crippen MR) is 74.5 cm³/mol. The normalized spacial score (nSPS) is 13.1. The van der Waals surface area contributed by atoms with Crippen LogP contribution in [0.4, 0.5) is 13.2 Å². The molecule has 1 aromatic heterocycles. The van der Waals surface area contributed by atoms with E-state index in [1.165, 1.54) is 29.5 Å². The highest BCUT2D eigenvalue weighted by Gasteiger charge is 2.36. The molecule has 0 saturated carbocycles. The molecule has 2 rings (SSSR count). The fraction of sp³-hybridized carbons (Fsp3) is 0.214. The SMILES string of the molecule is NC(=O)C(NCc1cccs1)c1ccccc1C(F)(F)F. The first-order valence-corrected chi connectivity index (χ1v) is 6.99. The van der Waals surface area contributed by atoms with Crippen LogP contribution >= 0.6 is 11.3 Å². The number of nitrogens with one attached hydrogen (secondary N) is 1. The van der Waals surface area contributed by atoms with Crippen LogP contribution in [0.2, 0.25) is 0 Å². The van der Waals surface area contributed by atoms with Gasteiger partial charge in [0, 0.05) is 11.4 Å². The third-order valence-electron chi connectivity index (χ3n) is 2.92. The zero-order valence-electron chi connectivity index (χ0n) is 10.9. The van der Waals surface area contributed by atoms with E-state index in [-0.39, 0.29) is 12.1 Å². The maximum absolute atomic E-state index is 13.0. The molecule has 0 aliphatic heterocycles. The average Bonchev–Trinajstić information content (AvgIpc) is 2.91. The van der Waals surface area contributed by atoms with Gasteiger partial charge in [0.1, 0.15) is 6.04 Å². The van der Waals surface area contributed by atoms with Crippen LogP contribution in [0, 0.1) is 0 Å². The van der Waals surface area contributed by atoms with Crippen molar-refractivity contribution in [2.75, 3.05) is 0 Å². The Morgan fingerprint density at radius 3 is 2.52 bits per heavy atom. The van der Waals surface area contributed by atoms with E-state index < -0.39 is 23.7 Å². The number of benzene rings is 1. The Morgan fingerprint density at radius 2 is 1.95 bits per heavy atom. The largest absolute Gasteiger partial charge is 0.416 e. The Kier molecular flexibility index (Phi) is 4.64. The Hall–Kier alpha value is -1.86. The molecule has 0 radical (unpaired) electrons. The van der Waals surface area contributed by atoms with Crippen molar-refractivity contribution in [3.8, 4) is 0 Å². The molecule has 0 fully saturated rings. The van der Waals surface area contributed by atoms with Crippen molar-refractivity contribution in [3.63, 3.8) is 0 Å². The zero-order valence-corrected chi connectivity index (χ0v) is 11.7. The minimum absolute atomic E-state index is 0.158. The molecule has 1 heterocycles. The summed E-state index contributed by atoms with van der Waals surface area (Å²) in [6.07, 6.45) is -4.53. The molecule has 1 amide bonds. The topological polar surface area (TPSA) is 55.1 Å². The molecule has 112 valence electrons. The second kappa shape index (κ2) is 6.28. The van der Waals surface area contributed by atoms with E-state index in [2.05, 4.69) is 5.32 Å². The molecule has 0 aliphatic carbocycles. The fourth-order valence-electron chi connectivity index (χ4n) is 1.99. The second-order valence-corrected chi connectivity index (χ2v) is 5.41. The van der Waals surface area contributed by atoms with Crippen LogP contribution in [0.1, 0.15) is 22.0 Å². The quantitative estimate of drug-likeness (QED) is 0.891. The van der Waals surface area contributed by atoms with Gasteiger partial charge in [-0.25, -0.2) is 0 Å². The summed E-state index contributed by atoms with van der Waals surface area (Å²) in [7, 11) is 0. The Morgan fingerprint density at radius 1 is 1.24 bits per heavy atom. The Balaban J connectivity index is 2.28. The van der Waals surface area contributed by atoms with Crippen molar-refractivity contribution in [2.24, 2.45) is 5.73 Å². The number of hydrogen-bond acceptors (Lipinski definition) is 3. The van der Waals surface area contributed by atoms with Crippen LogP contribution in [0.3, 0.4) is 0 Å². The van der Waals surface area contributed by atoms with Gasteiger partial charge in [0.25, 0.3) is 0 Å². The van der Waals surface area contributed by atoms with Crippen LogP contribution in [-0.2, 0) is 17.5 Å². The van der Waals surface area contributed by atoms with Gasteiger partial charge >= 0.3 is 6.18 Å². The van der Waals surface area contributed by atoms with Crippen molar-refractivity contribution in [1.82, 2.24) is 5.32 Å². The number of thiophene rings is 1. The third kappa shape index (κ3) is 3.83. The first kappa shape index (κ1) is 15.5. The molecule has 1 unspecified atom stereocenters. The van der Waals surface area contributed by atoms with Crippen molar-refractivity contribution in [1.29, 1.82) is 0 Å². The van der Waals surface area contributed by atoms with E-state index in [4.69, 9.17) is 5.73 Å². The number of hydrogen-bond donors (Lipinski definition) is 2. The van der Waals surface area contributed by atoms with Crippen LogP contribution in [-0.4, -0.2) is 5.91 Å². The molecular weight excluding hydrogens is 301 g/mol. The van der Waals surface area contributed by atoms with Gasteiger partial charge in [0.15, 0.2) is 0 Å². The summed E-state index contributed by atoms with van der Waals surface area (Å²) < 4.78 is 39.0. The molecular formula is C14H13F3N2OS. The minimum atomic E-state index is -4.53.